The fraction of sp³-hybridized carbons (Fsp3) is 0.400. The van der Waals surface area contributed by atoms with E-state index < -0.39 is 28.7 Å². The summed E-state index contributed by atoms with van der Waals surface area (Å²) >= 11 is 0. The predicted molar refractivity (Wildman–Crippen MR) is 103 cm³/mol. The number of nitro benzene ring substituents is 1. The molecule has 29 heavy (non-hydrogen) atoms. The van der Waals surface area contributed by atoms with Gasteiger partial charge in [0.15, 0.2) is 0 Å². The highest BCUT2D eigenvalue weighted by Gasteiger charge is 2.42. The summed E-state index contributed by atoms with van der Waals surface area (Å²) in [5.41, 5.74) is 1.26. The molecule has 0 aliphatic carbocycles. The number of carbonyl (C=O) groups excluding carboxylic acids is 1. The number of allylic oxidation sites excluding steroid dienone is 1. The number of hydrogen-bond donors (Lipinski definition) is 1. The molecule has 0 bridgehead atoms. The van der Waals surface area contributed by atoms with Gasteiger partial charge in [-0.15, -0.1) is 0 Å². The van der Waals surface area contributed by atoms with Crippen molar-refractivity contribution in [1.82, 2.24) is 0 Å². The molecule has 1 N–H and O–H groups in total. The maximum Gasteiger partial charge on any atom is 0.336 e. The molecule has 2 rings (SSSR count). The fourth-order valence-electron chi connectivity index (χ4n) is 3.37. The van der Waals surface area contributed by atoms with Crippen molar-refractivity contribution in [2.45, 2.75) is 39.0 Å². The van der Waals surface area contributed by atoms with Gasteiger partial charge in [0.05, 0.1) is 28.7 Å². The first kappa shape index (κ1) is 21.8. The lowest BCUT2D eigenvalue weighted by molar-refractivity contribution is -0.384. The van der Waals surface area contributed by atoms with Crippen LogP contribution in [0.15, 0.2) is 40.5 Å². The van der Waals surface area contributed by atoms with E-state index in [2.05, 4.69) is 4.99 Å². The van der Waals surface area contributed by atoms with Crippen molar-refractivity contribution in [3.8, 4) is 6.07 Å². The molecule has 1 heterocycles. The van der Waals surface area contributed by atoms with E-state index in [4.69, 9.17) is 10.00 Å². The topological polar surface area (TPSA) is 143 Å². The number of nitrogens with zero attached hydrogens (tertiary/aromatic N) is 3. The van der Waals surface area contributed by atoms with Crippen molar-refractivity contribution >= 4 is 23.3 Å². The van der Waals surface area contributed by atoms with Gasteiger partial charge >= 0.3 is 11.9 Å². The lowest BCUT2D eigenvalue weighted by atomic mass is 9.74. The molecule has 2 atom stereocenters. The molecule has 0 amide bonds. The molecule has 1 aromatic rings. The number of carboxylic acid groups (broad SMARTS) is 1. The summed E-state index contributed by atoms with van der Waals surface area (Å²) in [6.07, 6.45) is 0.761. The molecule has 0 spiro atoms. The lowest BCUT2D eigenvalue weighted by Crippen LogP contribution is -2.36. The Bertz CT molecular complexity index is 911. The van der Waals surface area contributed by atoms with E-state index in [9.17, 15) is 24.8 Å². The molecule has 0 saturated carbocycles. The van der Waals surface area contributed by atoms with Crippen LogP contribution in [0.2, 0.25) is 0 Å². The number of aliphatic carboxylic acids is 1. The summed E-state index contributed by atoms with van der Waals surface area (Å²) in [6.45, 7) is 3.46. The summed E-state index contributed by atoms with van der Waals surface area (Å²) in [4.78, 5) is 39.7. The number of aliphatic imine (C=N–C) groups is 1. The van der Waals surface area contributed by atoms with E-state index in [0.29, 0.717) is 29.8 Å². The largest absolute Gasteiger partial charge is 0.481 e. The van der Waals surface area contributed by atoms with E-state index in [1.54, 1.807) is 13.8 Å². The second-order valence-corrected chi connectivity index (χ2v) is 6.36. The first-order chi connectivity index (χ1) is 13.8. The zero-order valence-corrected chi connectivity index (χ0v) is 16.1. The van der Waals surface area contributed by atoms with E-state index in [0.717, 1.165) is 0 Å². The zero-order chi connectivity index (χ0) is 21.6. The zero-order valence-electron chi connectivity index (χ0n) is 16.1. The van der Waals surface area contributed by atoms with Crippen LogP contribution in [0.1, 0.15) is 44.6 Å². The minimum absolute atomic E-state index is 0.00845. The molecule has 1 aliphatic rings. The van der Waals surface area contributed by atoms with Crippen molar-refractivity contribution in [1.29, 1.82) is 5.26 Å². The number of non-ortho nitro benzene ring substituents is 1. The number of ether oxygens (including phenoxy) is 1. The van der Waals surface area contributed by atoms with Crippen LogP contribution in [0, 0.1) is 27.4 Å². The normalized spacial score (nSPS) is 18.6. The number of carboxylic acids is 1. The number of rotatable bonds is 8. The molecule has 0 saturated heterocycles. The van der Waals surface area contributed by atoms with Crippen LogP contribution in [-0.4, -0.2) is 34.3 Å². The van der Waals surface area contributed by atoms with Crippen LogP contribution < -0.4 is 0 Å². The Kier molecular flexibility index (Phi) is 7.20. The molecule has 9 heteroatoms. The molecule has 152 valence electrons. The van der Waals surface area contributed by atoms with Gasteiger partial charge in [0, 0.05) is 23.8 Å². The van der Waals surface area contributed by atoms with Gasteiger partial charge in [-0.05, 0) is 18.4 Å². The van der Waals surface area contributed by atoms with Gasteiger partial charge in [-0.1, -0.05) is 26.0 Å². The Balaban J connectivity index is 2.63. The molecular weight excluding hydrogens is 378 g/mol. The summed E-state index contributed by atoms with van der Waals surface area (Å²) in [5.74, 6) is -3.88. The van der Waals surface area contributed by atoms with Gasteiger partial charge in [0.25, 0.3) is 5.69 Å². The minimum Gasteiger partial charge on any atom is -0.481 e. The third-order valence-electron chi connectivity index (χ3n) is 4.69. The van der Waals surface area contributed by atoms with Gasteiger partial charge < -0.3 is 9.84 Å². The SMILES string of the molecule is CCC1=NC(CC)=C(C(=O)OCCC#N)C(c2ccc([N+](=O)[O-])cc2)C1C(=O)O. The van der Waals surface area contributed by atoms with Crippen LogP contribution in [0.4, 0.5) is 5.69 Å². The average Bonchev–Trinajstić information content (AvgIpc) is 2.71. The van der Waals surface area contributed by atoms with Crippen molar-refractivity contribution in [2.24, 2.45) is 10.9 Å². The summed E-state index contributed by atoms with van der Waals surface area (Å²) in [5, 5.41) is 29.5. The Morgan fingerprint density at radius 3 is 2.41 bits per heavy atom. The van der Waals surface area contributed by atoms with Crippen LogP contribution in [0.25, 0.3) is 0 Å². The molecule has 1 aliphatic heterocycles. The number of nitro groups is 1. The van der Waals surface area contributed by atoms with Crippen molar-refractivity contribution in [3.05, 3.63) is 51.2 Å². The molecule has 0 fully saturated rings. The van der Waals surface area contributed by atoms with Gasteiger partial charge in [-0.3, -0.25) is 19.9 Å². The quantitative estimate of drug-likeness (QED) is 0.305. The predicted octanol–water partition coefficient (Wildman–Crippen LogP) is 3.36. The van der Waals surface area contributed by atoms with Crippen LogP contribution in [0.5, 0.6) is 0 Å². The molecule has 1 aromatic carbocycles. The van der Waals surface area contributed by atoms with Crippen LogP contribution in [-0.2, 0) is 14.3 Å². The smallest absolute Gasteiger partial charge is 0.336 e. The second kappa shape index (κ2) is 9.59. The van der Waals surface area contributed by atoms with Gasteiger partial charge in [0.2, 0.25) is 0 Å². The van der Waals surface area contributed by atoms with Crippen molar-refractivity contribution in [3.63, 3.8) is 0 Å². The monoisotopic (exact) mass is 399 g/mol. The van der Waals surface area contributed by atoms with Crippen molar-refractivity contribution in [2.75, 3.05) is 6.61 Å². The average molecular weight is 399 g/mol. The molecular formula is C20H21N3O6. The standard InChI is InChI=1S/C20H21N3O6/c1-3-14-17(19(24)25)16(12-6-8-13(9-7-12)23(27)28)18(15(4-2)22-14)20(26)29-11-5-10-21/h6-9,16-17H,3-5,11H2,1-2H3,(H,24,25). The first-order valence-corrected chi connectivity index (χ1v) is 9.17. The van der Waals surface area contributed by atoms with Gasteiger partial charge in [-0.25, -0.2) is 4.79 Å². The highest BCUT2D eigenvalue weighted by molar-refractivity contribution is 6.07. The molecule has 0 aromatic heterocycles. The Morgan fingerprint density at radius 1 is 1.28 bits per heavy atom. The Morgan fingerprint density at radius 2 is 1.93 bits per heavy atom. The van der Waals surface area contributed by atoms with Crippen LogP contribution >= 0.6 is 0 Å². The Hall–Kier alpha value is -3.54. The van der Waals surface area contributed by atoms with E-state index in [1.807, 2.05) is 6.07 Å². The summed E-state index contributed by atoms with van der Waals surface area (Å²) in [7, 11) is 0. The molecule has 2 unspecified atom stereocenters. The number of hydrogen-bond acceptors (Lipinski definition) is 7. The summed E-state index contributed by atoms with van der Waals surface area (Å²) in [6, 6.07) is 7.33. The summed E-state index contributed by atoms with van der Waals surface area (Å²) < 4.78 is 5.17. The maximum absolute atomic E-state index is 12.8. The first-order valence-electron chi connectivity index (χ1n) is 9.17. The third kappa shape index (κ3) is 4.66. The molecule has 9 nitrogen and oxygen atoms in total. The molecule has 0 radical (unpaired) electrons. The highest BCUT2D eigenvalue weighted by atomic mass is 16.6. The fourth-order valence-corrected chi connectivity index (χ4v) is 3.37. The van der Waals surface area contributed by atoms with E-state index in [-0.39, 0.29) is 24.3 Å². The third-order valence-corrected chi connectivity index (χ3v) is 4.69. The van der Waals surface area contributed by atoms with Gasteiger partial charge in [-0.2, -0.15) is 5.26 Å². The van der Waals surface area contributed by atoms with E-state index in [1.165, 1.54) is 24.3 Å². The lowest BCUT2D eigenvalue weighted by Gasteiger charge is -2.32. The second-order valence-electron chi connectivity index (χ2n) is 6.36. The number of carbonyl (C=O) groups is 2. The number of esters is 1. The number of nitriles is 1. The van der Waals surface area contributed by atoms with Crippen LogP contribution in [0.3, 0.4) is 0 Å². The maximum atomic E-state index is 12.8. The van der Waals surface area contributed by atoms with Crippen molar-refractivity contribution < 1.29 is 24.4 Å². The van der Waals surface area contributed by atoms with Gasteiger partial charge in [0.1, 0.15) is 12.5 Å². The number of benzene rings is 1. The minimum atomic E-state index is -1.15. The highest BCUT2D eigenvalue weighted by Crippen LogP contribution is 2.41. The Labute approximate surface area is 167 Å². The van der Waals surface area contributed by atoms with E-state index >= 15 is 0 Å².